The Morgan fingerprint density at radius 2 is 1.94 bits per heavy atom. The van der Waals surface area contributed by atoms with Gasteiger partial charge in [-0.15, -0.1) is 22.7 Å². The van der Waals surface area contributed by atoms with Crippen molar-refractivity contribution in [2.45, 2.75) is 30.2 Å². The molecule has 0 unspecified atom stereocenters. The lowest BCUT2D eigenvalue weighted by Gasteiger charge is -2.07. The predicted molar refractivity (Wildman–Crippen MR) is 131 cm³/mol. The van der Waals surface area contributed by atoms with Gasteiger partial charge in [-0.25, -0.2) is 14.6 Å². The van der Waals surface area contributed by atoms with Crippen LogP contribution in [0.3, 0.4) is 0 Å². The van der Waals surface area contributed by atoms with Crippen LogP contribution in [0.1, 0.15) is 22.7 Å². The number of thioether (sulfide) groups is 1. The molecule has 0 fully saturated rings. The van der Waals surface area contributed by atoms with Crippen LogP contribution in [0.15, 0.2) is 50.5 Å². The van der Waals surface area contributed by atoms with Crippen LogP contribution in [-0.4, -0.2) is 19.6 Å². The number of benzene rings is 1. The molecule has 0 radical (unpaired) electrons. The fourth-order valence-corrected chi connectivity index (χ4v) is 7.22. The average Bonchev–Trinajstić information content (AvgIpc) is 3.50. The fourth-order valence-electron chi connectivity index (χ4n) is 4.16. The molecule has 1 aliphatic carbocycles. The van der Waals surface area contributed by atoms with Gasteiger partial charge in [0.2, 0.25) is 0 Å². The van der Waals surface area contributed by atoms with Gasteiger partial charge in [-0.3, -0.25) is 9.59 Å². The van der Waals surface area contributed by atoms with E-state index >= 15 is 0 Å². The van der Waals surface area contributed by atoms with Crippen molar-refractivity contribution in [2.75, 3.05) is 5.84 Å². The Balaban J connectivity index is 1.34. The third-order valence-electron chi connectivity index (χ3n) is 5.65. The van der Waals surface area contributed by atoms with Gasteiger partial charge in [0, 0.05) is 15.8 Å². The predicted octanol–water partition coefficient (Wildman–Crippen LogP) is 3.92. The van der Waals surface area contributed by atoms with E-state index in [1.54, 1.807) is 11.3 Å². The number of hydrogen-bond acceptors (Lipinski definition) is 8. The van der Waals surface area contributed by atoms with E-state index in [0.717, 1.165) is 50.8 Å². The number of thiophene rings is 2. The maximum absolute atomic E-state index is 13.0. The Labute approximate surface area is 193 Å². The molecule has 4 heterocycles. The summed E-state index contributed by atoms with van der Waals surface area (Å²) in [6.07, 6.45) is 3.07. The molecule has 6 rings (SSSR count). The summed E-state index contributed by atoms with van der Waals surface area (Å²) in [7, 11) is 0. The van der Waals surface area contributed by atoms with E-state index < -0.39 is 0 Å². The number of nitrogens with zero attached hydrogens (tertiary/aromatic N) is 3. The van der Waals surface area contributed by atoms with E-state index in [2.05, 4.69) is 15.0 Å². The van der Waals surface area contributed by atoms with E-state index in [9.17, 15) is 9.59 Å². The molecule has 4 aromatic heterocycles. The molecule has 1 aliphatic rings. The molecule has 0 bridgehead atoms. The first-order chi connectivity index (χ1) is 15.6. The molecule has 0 atom stereocenters. The molecule has 0 saturated heterocycles. The molecule has 7 nitrogen and oxygen atoms in total. The topological polar surface area (TPSA) is 107 Å². The van der Waals surface area contributed by atoms with Crippen LogP contribution >= 0.6 is 34.4 Å². The van der Waals surface area contributed by atoms with Crippen LogP contribution in [0.4, 0.5) is 0 Å². The number of hydrogen-bond donors (Lipinski definition) is 2. The van der Waals surface area contributed by atoms with Gasteiger partial charge in [0.05, 0.1) is 16.5 Å². The normalized spacial score (nSPS) is 13.2. The van der Waals surface area contributed by atoms with Gasteiger partial charge in [-0.2, -0.15) is 0 Å². The van der Waals surface area contributed by atoms with Gasteiger partial charge in [0.1, 0.15) is 15.5 Å². The number of nitrogens with one attached hydrogen (secondary N) is 1. The minimum atomic E-state index is -0.288. The van der Waals surface area contributed by atoms with E-state index in [4.69, 9.17) is 5.84 Å². The SMILES string of the molecule is Nn1c(SCc2nc3sc4c(c3c(=O)[nH]2)CCC4)nc2scc(-c3ccccc3)c2c1=O. The van der Waals surface area contributed by atoms with Crippen LogP contribution in [0, 0.1) is 0 Å². The molecule has 32 heavy (non-hydrogen) atoms. The highest BCUT2D eigenvalue weighted by Crippen LogP contribution is 2.35. The largest absolute Gasteiger partial charge is 0.334 e. The van der Waals surface area contributed by atoms with Gasteiger partial charge in [0.25, 0.3) is 11.1 Å². The highest BCUT2D eigenvalue weighted by atomic mass is 32.2. The highest BCUT2D eigenvalue weighted by molar-refractivity contribution is 7.98. The number of H-pyrrole nitrogens is 1. The summed E-state index contributed by atoms with van der Waals surface area (Å²) >= 11 is 4.32. The lowest BCUT2D eigenvalue weighted by molar-refractivity contribution is 0.781. The van der Waals surface area contributed by atoms with Gasteiger partial charge in [-0.05, 0) is 30.4 Å². The van der Waals surface area contributed by atoms with Crippen LogP contribution in [0.25, 0.3) is 31.6 Å². The van der Waals surface area contributed by atoms with Gasteiger partial charge in [0.15, 0.2) is 5.16 Å². The van der Waals surface area contributed by atoms with E-state index in [1.165, 1.54) is 28.0 Å². The standard InChI is InChI=1S/C22H17N5O2S3/c23-27-21(29)17-13(11-5-2-1-3-6-11)9-30-19(17)26-22(27)31-10-15-24-18(28)16-12-7-4-8-14(12)32-20(16)25-15/h1-3,5-6,9H,4,7-8,10,23H2,(H,24,25,28). The Morgan fingerprint density at radius 3 is 2.78 bits per heavy atom. The average molecular weight is 480 g/mol. The minimum Gasteiger partial charge on any atom is -0.334 e. The zero-order valence-corrected chi connectivity index (χ0v) is 19.2. The lowest BCUT2D eigenvalue weighted by atomic mass is 10.1. The second kappa shape index (κ2) is 7.58. The number of nitrogen functional groups attached to an aromatic ring is 1. The first-order valence-corrected chi connectivity index (χ1v) is 12.8. The Morgan fingerprint density at radius 1 is 1.09 bits per heavy atom. The second-order valence-electron chi connectivity index (χ2n) is 7.60. The number of aryl methyl sites for hydroxylation is 2. The van der Waals surface area contributed by atoms with E-state index in [-0.39, 0.29) is 11.1 Å². The Hall–Kier alpha value is -2.95. The summed E-state index contributed by atoms with van der Waals surface area (Å²) in [6, 6.07) is 9.73. The van der Waals surface area contributed by atoms with Crippen molar-refractivity contribution in [3.05, 3.63) is 72.7 Å². The van der Waals surface area contributed by atoms with Crippen molar-refractivity contribution in [2.24, 2.45) is 0 Å². The summed E-state index contributed by atoms with van der Waals surface area (Å²) < 4.78 is 1.09. The zero-order chi connectivity index (χ0) is 21.8. The second-order valence-corrected chi connectivity index (χ2v) is 10.5. The Kier molecular flexibility index (Phi) is 4.67. The Bertz CT molecular complexity index is 1610. The van der Waals surface area contributed by atoms with Crippen LogP contribution in [0.5, 0.6) is 0 Å². The van der Waals surface area contributed by atoms with Crippen molar-refractivity contribution in [1.82, 2.24) is 19.6 Å². The molecule has 160 valence electrons. The van der Waals surface area contributed by atoms with E-state index in [1.807, 2.05) is 35.7 Å². The minimum absolute atomic E-state index is 0.0932. The van der Waals surface area contributed by atoms with Gasteiger partial charge in [-0.1, -0.05) is 42.1 Å². The molecule has 1 aromatic carbocycles. The van der Waals surface area contributed by atoms with Crippen molar-refractivity contribution in [3.63, 3.8) is 0 Å². The monoisotopic (exact) mass is 479 g/mol. The molecule has 0 saturated carbocycles. The highest BCUT2D eigenvalue weighted by Gasteiger charge is 2.21. The first-order valence-electron chi connectivity index (χ1n) is 10.1. The van der Waals surface area contributed by atoms with Crippen LogP contribution < -0.4 is 17.0 Å². The first kappa shape index (κ1) is 19.7. The number of aromatic nitrogens is 4. The smallest absolute Gasteiger partial charge is 0.282 e. The van der Waals surface area contributed by atoms with Crippen molar-refractivity contribution in [3.8, 4) is 11.1 Å². The van der Waals surface area contributed by atoms with Gasteiger partial charge < -0.3 is 10.8 Å². The van der Waals surface area contributed by atoms with Crippen LogP contribution in [-0.2, 0) is 18.6 Å². The molecule has 0 spiro atoms. The summed E-state index contributed by atoms with van der Waals surface area (Å²) in [6.45, 7) is 0. The molecular weight excluding hydrogens is 462 g/mol. The van der Waals surface area contributed by atoms with Crippen molar-refractivity contribution >= 4 is 54.9 Å². The molecule has 0 amide bonds. The van der Waals surface area contributed by atoms with Crippen LogP contribution in [0.2, 0.25) is 0 Å². The molecular formula is C22H17N5O2S3. The van der Waals surface area contributed by atoms with Gasteiger partial charge >= 0.3 is 0 Å². The molecule has 0 aliphatic heterocycles. The molecule has 10 heteroatoms. The summed E-state index contributed by atoms with van der Waals surface area (Å²) in [5.41, 5.74) is 2.57. The van der Waals surface area contributed by atoms with Crippen molar-refractivity contribution in [1.29, 1.82) is 0 Å². The maximum Gasteiger partial charge on any atom is 0.282 e. The molecule has 5 aromatic rings. The fraction of sp³-hybridized carbons (Fsp3) is 0.182. The zero-order valence-electron chi connectivity index (χ0n) is 16.8. The number of nitrogens with two attached hydrogens (primary N) is 1. The number of rotatable bonds is 4. The summed E-state index contributed by atoms with van der Waals surface area (Å²) in [5, 5.41) is 3.58. The number of aromatic amines is 1. The molecule has 3 N–H and O–H groups in total. The summed E-state index contributed by atoms with van der Waals surface area (Å²) in [4.78, 5) is 40.6. The lowest BCUT2D eigenvalue weighted by Crippen LogP contribution is -2.29. The number of fused-ring (bicyclic) bond motifs is 4. The third-order valence-corrected chi connectivity index (χ3v) is 8.68. The third kappa shape index (κ3) is 3.09. The summed E-state index contributed by atoms with van der Waals surface area (Å²) in [5.74, 6) is 7.04. The van der Waals surface area contributed by atoms with E-state index in [0.29, 0.717) is 27.0 Å². The quantitative estimate of drug-likeness (QED) is 0.230. The van der Waals surface area contributed by atoms with Crippen molar-refractivity contribution < 1.29 is 0 Å². The maximum atomic E-state index is 13.0.